The molecular weight excluding hydrogens is 330 g/mol. The maximum absolute atomic E-state index is 12.4. The Bertz CT molecular complexity index is 677. The summed E-state index contributed by atoms with van der Waals surface area (Å²) in [5.74, 6) is 1.08. The highest BCUT2D eigenvalue weighted by Gasteiger charge is 2.18. The number of hydrogen-bond donors (Lipinski definition) is 1. The molecule has 1 aromatic heterocycles. The van der Waals surface area contributed by atoms with Crippen LogP contribution in [0.4, 0.5) is 5.13 Å². The number of nitrogens with one attached hydrogen (secondary N) is 1. The summed E-state index contributed by atoms with van der Waals surface area (Å²) >= 11 is 1.31. The van der Waals surface area contributed by atoms with Crippen LogP contribution in [-0.4, -0.2) is 36.9 Å². The average Bonchev–Trinajstić information content (AvgIpc) is 2.99. The third-order valence-corrected chi connectivity index (χ3v) is 3.97. The second kappa shape index (κ2) is 8.49. The van der Waals surface area contributed by atoms with Crippen molar-refractivity contribution in [3.8, 4) is 17.2 Å². The molecule has 1 N–H and O–H groups in total. The number of carbonyl (C=O) groups is 1. The molecule has 2 rings (SSSR count). The molecule has 0 aliphatic rings. The summed E-state index contributed by atoms with van der Waals surface area (Å²) in [7, 11) is 3.05. The first-order chi connectivity index (χ1) is 11.6. The molecule has 0 saturated carbocycles. The van der Waals surface area contributed by atoms with Crippen molar-refractivity contribution in [3.63, 3.8) is 0 Å². The van der Waals surface area contributed by atoms with Crippen LogP contribution < -0.4 is 19.5 Å². The average molecular weight is 351 g/mol. The summed E-state index contributed by atoms with van der Waals surface area (Å²) in [5, 5.41) is 11.7. The van der Waals surface area contributed by atoms with E-state index in [2.05, 4.69) is 22.4 Å². The van der Waals surface area contributed by atoms with Gasteiger partial charge in [-0.25, -0.2) is 0 Å². The van der Waals surface area contributed by atoms with Crippen LogP contribution in [0.5, 0.6) is 17.2 Å². The van der Waals surface area contributed by atoms with Gasteiger partial charge in [0.15, 0.2) is 11.5 Å². The Morgan fingerprint density at radius 2 is 1.88 bits per heavy atom. The third kappa shape index (κ3) is 4.35. The van der Waals surface area contributed by atoms with Gasteiger partial charge < -0.3 is 14.2 Å². The number of amides is 1. The molecule has 8 heteroatoms. The number of rotatable bonds is 8. The summed E-state index contributed by atoms with van der Waals surface area (Å²) in [4.78, 5) is 12.4. The number of aryl methyl sites for hydroxylation is 1. The van der Waals surface area contributed by atoms with E-state index < -0.39 is 0 Å². The number of unbranched alkanes of at least 4 members (excludes halogenated alkanes) is 1. The van der Waals surface area contributed by atoms with E-state index in [4.69, 9.17) is 14.2 Å². The van der Waals surface area contributed by atoms with Crippen molar-refractivity contribution in [1.82, 2.24) is 10.2 Å². The molecule has 130 valence electrons. The van der Waals surface area contributed by atoms with Gasteiger partial charge >= 0.3 is 0 Å². The quantitative estimate of drug-likeness (QED) is 0.735. The first-order valence-electron chi connectivity index (χ1n) is 7.59. The molecule has 0 bridgehead atoms. The zero-order chi connectivity index (χ0) is 17.5. The Morgan fingerprint density at radius 3 is 2.38 bits per heavy atom. The lowest BCUT2D eigenvalue weighted by molar-refractivity contribution is 0.102. The van der Waals surface area contributed by atoms with Gasteiger partial charge in [0.05, 0.1) is 20.8 Å². The Balaban J connectivity index is 2.25. The van der Waals surface area contributed by atoms with Crippen molar-refractivity contribution >= 4 is 22.4 Å². The van der Waals surface area contributed by atoms with E-state index in [0.717, 1.165) is 17.8 Å². The van der Waals surface area contributed by atoms with Crippen molar-refractivity contribution in [2.24, 2.45) is 0 Å². The summed E-state index contributed by atoms with van der Waals surface area (Å²) in [6, 6.07) is 3.24. The van der Waals surface area contributed by atoms with Gasteiger partial charge in [0, 0.05) is 5.56 Å². The Kier molecular flexibility index (Phi) is 6.36. The minimum atomic E-state index is -0.317. The van der Waals surface area contributed by atoms with Crippen LogP contribution in [0.1, 0.15) is 35.1 Å². The number of anilines is 1. The smallest absolute Gasteiger partial charge is 0.257 e. The fourth-order valence-corrected chi connectivity index (χ4v) is 2.58. The van der Waals surface area contributed by atoms with Crippen LogP contribution in [0.15, 0.2) is 12.1 Å². The highest BCUT2D eigenvalue weighted by atomic mass is 32.1. The summed E-state index contributed by atoms with van der Waals surface area (Å²) < 4.78 is 16.5. The third-order valence-electron chi connectivity index (χ3n) is 3.21. The van der Waals surface area contributed by atoms with Crippen molar-refractivity contribution < 1.29 is 19.0 Å². The Labute approximate surface area is 145 Å². The van der Waals surface area contributed by atoms with Crippen molar-refractivity contribution in [2.45, 2.75) is 26.7 Å². The molecule has 0 aliphatic heterocycles. The number of carbonyl (C=O) groups excluding carboxylic acids is 1. The van der Waals surface area contributed by atoms with E-state index in [1.165, 1.54) is 25.6 Å². The first kappa shape index (κ1) is 18.0. The largest absolute Gasteiger partial charge is 0.493 e. The molecule has 0 unspecified atom stereocenters. The first-order valence-corrected chi connectivity index (χ1v) is 8.41. The molecule has 0 spiro atoms. The standard InChI is InChI=1S/C16H21N3O4S/c1-5-6-7-23-14-12(21-3)8-11(9-13(14)22-4)15(20)17-16-19-18-10(2)24-16/h8-9H,5-7H2,1-4H3,(H,17,19,20). The summed E-state index contributed by atoms with van der Waals surface area (Å²) in [6.07, 6.45) is 1.94. The molecule has 0 fully saturated rings. The summed E-state index contributed by atoms with van der Waals surface area (Å²) in [6.45, 7) is 4.46. The van der Waals surface area contributed by atoms with Gasteiger partial charge in [-0.2, -0.15) is 0 Å². The molecular formula is C16H21N3O4S. The Hall–Kier alpha value is -2.35. The molecule has 2 aromatic rings. The predicted octanol–water partition coefficient (Wildman–Crippen LogP) is 3.29. The fraction of sp³-hybridized carbons (Fsp3) is 0.438. The highest BCUT2D eigenvalue weighted by Crippen LogP contribution is 2.39. The van der Waals surface area contributed by atoms with Crippen LogP contribution >= 0.6 is 11.3 Å². The van der Waals surface area contributed by atoms with Gasteiger partial charge in [0.2, 0.25) is 10.9 Å². The van der Waals surface area contributed by atoms with Gasteiger partial charge in [-0.3, -0.25) is 10.1 Å². The lowest BCUT2D eigenvalue weighted by Gasteiger charge is -2.15. The van der Waals surface area contributed by atoms with Crippen molar-refractivity contribution in [1.29, 1.82) is 0 Å². The zero-order valence-electron chi connectivity index (χ0n) is 14.2. The topological polar surface area (TPSA) is 82.6 Å². The maximum atomic E-state index is 12.4. The summed E-state index contributed by atoms with van der Waals surface area (Å²) in [5.41, 5.74) is 0.388. The van der Waals surface area contributed by atoms with Crippen LogP contribution in [0.25, 0.3) is 0 Å². The van der Waals surface area contributed by atoms with Gasteiger partial charge in [-0.15, -0.1) is 10.2 Å². The molecule has 0 aliphatic carbocycles. The van der Waals surface area contributed by atoms with Crippen LogP contribution in [-0.2, 0) is 0 Å². The molecule has 0 saturated heterocycles. The minimum Gasteiger partial charge on any atom is -0.493 e. The molecule has 0 atom stereocenters. The van der Waals surface area contributed by atoms with Crippen molar-refractivity contribution in [3.05, 3.63) is 22.7 Å². The highest BCUT2D eigenvalue weighted by molar-refractivity contribution is 7.15. The molecule has 1 aromatic carbocycles. The lowest BCUT2D eigenvalue weighted by atomic mass is 10.1. The fourth-order valence-electron chi connectivity index (χ4n) is 1.99. The van der Waals surface area contributed by atoms with E-state index in [1.54, 1.807) is 12.1 Å². The SMILES string of the molecule is CCCCOc1c(OC)cc(C(=O)Nc2nnc(C)s2)cc1OC. The number of methoxy groups -OCH3 is 2. The van der Waals surface area contributed by atoms with Crippen molar-refractivity contribution in [2.75, 3.05) is 26.1 Å². The molecule has 1 heterocycles. The lowest BCUT2D eigenvalue weighted by Crippen LogP contribution is -2.12. The number of benzene rings is 1. The number of ether oxygens (including phenoxy) is 3. The molecule has 24 heavy (non-hydrogen) atoms. The van der Waals surface area contributed by atoms with Gasteiger partial charge in [0.1, 0.15) is 5.01 Å². The van der Waals surface area contributed by atoms with E-state index in [1.807, 2.05) is 6.92 Å². The maximum Gasteiger partial charge on any atom is 0.257 e. The Morgan fingerprint density at radius 1 is 1.21 bits per heavy atom. The van der Waals surface area contributed by atoms with E-state index in [0.29, 0.717) is 34.6 Å². The van der Waals surface area contributed by atoms with Crippen LogP contribution in [0, 0.1) is 6.92 Å². The normalized spacial score (nSPS) is 10.3. The minimum absolute atomic E-state index is 0.317. The zero-order valence-corrected chi connectivity index (χ0v) is 15.0. The van der Waals surface area contributed by atoms with E-state index in [9.17, 15) is 4.79 Å². The van der Waals surface area contributed by atoms with E-state index in [-0.39, 0.29) is 5.91 Å². The second-order valence-corrected chi connectivity index (χ2v) is 6.17. The monoisotopic (exact) mass is 351 g/mol. The van der Waals surface area contributed by atoms with Gasteiger partial charge in [-0.05, 0) is 25.5 Å². The molecule has 0 radical (unpaired) electrons. The molecule has 1 amide bonds. The number of aromatic nitrogens is 2. The van der Waals surface area contributed by atoms with E-state index >= 15 is 0 Å². The van der Waals surface area contributed by atoms with Crippen LogP contribution in [0.2, 0.25) is 0 Å². The number of nitrogens with zero attached hydrogens (tertiary/aromatic N) is 2. The second-order valence-electron chi connectivity index (χ2n) is 4.99. The number of hydrogen-bond acceptors (Lipinski definition) is 7. The predicted molar refractivity (Wildman–Crippen MR) is 92.5 cm³/mol. The molecule has 7 nitrogen and oxygen atoms in total. The van der Waals surface area contributed by atoms with Gasteiger partial charge in [0.25, 0.3) is 5.91 Å². The van der Waals surface area contributed by atoms with Gasteiger partial charge in [-0.1, -0.05) is 24.7 Å². The van der Waals surface area contributed by atoms with Crippen LogP contribution in [0.3, 0.4) is 0 Å².